The van der Waals surface area contributed by atoms with Gasteiger partial charge >= 0.3 is 0 Å². The molecule has 0 radical (unpaired) electrons. The van der Waals surface area contributed by atoms with E-state index in [-0.39, 0.29) is 0 Å². The molecule has 0 bridgehead atoms. The summed E-state index contributed by atoms with van der Waals surface area (Å²) in [6.45, 7) is 8.49. The molecule has 2 aliphatic heterocycles. The van der Waals surface area contributed by atoms with E-state index in [9.17, 15) is 0 Å². The van der Waals surface area contributed by atoms with E-state index < -0.39 is 0 Å². The molecule has 0 aromatic carbocycles. The molecule has 1 saturated carbocycles. The molecule has 3 aliphatic rings. The van der Waals surface area contributed by atoms with Crippen LogP contribution in [-0.4, -0.2) is 54.6 Å². The number of hydrogen-bond donors (Lipinski definition) is 1. The molecule has 0 spiro atoms. The van der Waals surface area contributed by atoms with Gasteiger partial charge in [-0.15, -0.1) is 0 Å². The highest BCUT2D eigenvalue weighted by molar-refractivity contribution is 4.94. The van der Waals surface area contributed by atoms with Crippen molar-refractivity contribution >= 4 is 0 Å². The van der Waals surface area contributed by atoms with Crippen molar-refractivity contribution in [2.24, 2.45) is 11.1 Å². The van der Waals surface area contributed by atoms with Crippen LogP contribution in [0.1, 0.15) is 51.9 Å². The van der Waals surface area contributed by atoms with Crippen LogP contribution in [0, 0.1) is 5.41 Å². The van der Waals surface area contributed by atoms with Crippen LogP contribution < -0.4 is 5.73 Å². The Hall–Kier alpha value is -0.120. The van der Waals surface area contributed by atoms with Crippen LogP contribution in [0.2, 0.25) is 0 Å². The van der Waals surface area contributed by atoms with E-state index in [2.05, 4.69) is 16.7 Å². The topological polar surface area (TPSA) is 32.5 Å². The molecule has 3 heteroatoms. The van der Waals surface area contributed by atoms with E-state index in [1.807, 2.05) is 0 Å². The largest absolute Gasteiger partial charge is 0.330 e. The highest BCUT2D eigenvalue weighted by atomic mass is 15.3. The molecule has 3 nitrogen and oxygen atoms in total. The molecule has 0 amide bonds. The van der Waals surface area contributed by atoms with Gasteiger partial charge in [0.1, 0.15) is 0 Å². The Balaban J connectivity index is 1.64. The van der Waals surface area contributed by atoms with Gasteiger partial charge in [-0.05, 0) is 51.1 Å². The maximum absolute atomic E-state index is 6.17. The standard InChI is InChI=1S/C16H31N3/c1-14-10-18-9-5-6-15(18)11-19(14)13-16(12-17)7-3-2-4-8-16/h14-15H,2-13,17H2,1H3. The maximum Gasteiger partial charge on any atom is 0.0224 e. The summed E-state index contributed by atoms with van der Waals surface area (Å²) in [6, 6.07) is 1.56. The lowest BCUT2D eigenvalue weighted by molar-refractivity contribution is 0.0160. The molecule has 2 N–H and O–H groups in total. The minimum Gasteiger partial charge on any atom is -0.330 e. The second kappa shape index (κ2) is 5.71. The SMILES string of the molecule is CC1CN2CCCC2CN1CC1(CN)CCCCC1. The third-order valence-electron chi connectivity index (χ3n) is 5.95. The molecule has 3 fully saturated rings. The van der Waals surface area contributed by atoms with Crippen molar-refractivity contribution in [3.8, 4) is 0 Å². The van der Waals surface area contributed by atoms with Crippen LogP contribution >= 0.6 is 0 Å². The lowest BCUT2D eigenvalue weighted by Gasteiger charge is -2.47. The Morgan fingerprint density at radius 3 is 2.63 bits per heavy atom. The van der Waals surface area contributed by atoms with Gasteiger partial charge in [0.25, 0.3) is 0 Å². The van der Waals surface area contributed by atoms with E-state index in [4.69, 9.17) is 5.73 Å². The zero-order valence-electron chi connectivity index (χ0n) is 12.6. The van der Waals surface area contributed by atoms with E-state index in [0.717, 1.165) is 18.6 Å². The third-order valence-corrected chi connectivity index (χ3v) is 5.95. The fraction of sp³-hybridized carbons (Fsp3) is 1.00. The second-order valence-corrected chi connectivity index (χ2v) is 7.33. The number of rotatable bonds is 3. The van der Waals surface area contributed by atoms with Crippen LogP contribution in [0.4, 0.5) is 0 Å². The van der Waals surface area contributed by atoms with Gasteiger partial charge in [-0.1, -0.05) is 19.3 Å². The van der Waals surface area contributed by atoms with Crippen molar-refractivity contribution in [1.82, 2.24) is 9.80 Å². The fourth-order valence-electron chi connectivity index (χ4n) is 4.63. The van der Waals surface area contributed by atoms with Gasteiger partial charge in [-0.2, -0.15) is 0 Å². The average molecular weight is 265 g/mol. The Kier molecular flexibility index (Phi) is 4.16. The molecular weight excluding hydrogens is 234 g/mol. The Bertz CT molecular complexity index is 298. The van der Waals surface area contributed by atoms with Crippen LogP contribution in [0.25, 0.3) is 0 Å². The van der Waals surface area contributed by atoms with Crippen LogP contribution in [0.3, 0.4) is 0 Å². The van der Waals surface area contributed by atoms with Crippen molar-refractivity contribution in [1.29, 1.82) is 0 Å². The number of hydrogen-bond acceptors (Lipinski definition) is 3. The summed E-state index contributed by atoms with van der Waals surface area (Å²) < 4.78 is 0. The first-order chi connectivity index (χ1) is 9.22. The van der Waals surface area contributed by atoms with E-state index in [0.29, 0.717) is 5.41 Å². The van der Waals surface area contributed by atoms with Crippen molar-refractivity contribution in [3.63, 3.8) is 0 Å². The van der Waals surface area contributed by atoms with Crippen molar-refractivity contribution in [2.45, 2.75) is 64.0 Å². The molecule has 2 heterocycles. The lowest BCUT2D eigenvalue weighted by Crippen LogP contribution is -2.58. The summed E-state index contributed by atoms with van der Waals surface area (Å²) in [5.41, 5.74) is 6.61. The maximum atomic E-state index is 6.17. The van der Waals surface area contributed by atoms with Crippen LogP contribution in [0.15, 0.2) is 0 Å². The molecular formula is C16H31N3. The van der Waals surface area contributed by atoms with Crippen LogP contribution in [-0.2, 0) is 0 Å². The summed E-state index contributed by atoms with van der Waals surface area (Å²) in [5.74, 6) is 0. The summed E-state index contributed by atoms with van der Waals surface area (Å²) in [6.07, 6.45) is 9.77. The number of fused-ring (bicyclic) bond motifs is 1. The molecule has 0 aromatic heterocycles. The number of piperazine rings is 1. The minimum atomic E-state index is 0.438. The summed E-state index contributed by atoms with van der Waals surface area (Å²) in [5, 5.41) is 0. The van der Waals surface area contributed by atoms with E-state index >= 15 is 0 Å². The smallest absolute Gasteiger partial charge is 0.0224 e. The monoisotopic (exact) mass is 265 g/mol. The van der Waals surface area contributed by atoms with Crippen molar-refractivity contribution in [2.75, 3.05) is 32.7 Å². The first kappa shape index (κ1) is 13.8. The van der Waals surface area contributed by atoms with Gasteiger partial charge in [0, 0.05) is 31.7 Å². The highest BCUT2D eigenvalue weighted by Gasteiger charge is 2.39. The summed E-state index contributed by atoms with van der Waals surface area (Å²) in [7, 11) is 0. The normalized spacial score (nSPS) is 36.3. The zero-order chi connectivity index (χ0) is 13.3. The average Bonchev–Trinajstić information content (AvgIpc) is 2.87. The molecule has 2 saturated heterocycles. The zero-order valence-corrected chi connectivity index (χ0v) is 12.6. The van der Waals surface area contributed by atoms with E-state index in [1.54, 1.807) is 0 Å². The Morgan fingerprint density at radius 1 is 1.11 bits per heavy atom. The van der Waals surface area contributed by atoms with Gasteiger partial charge in [-0.3, -0.25) is 9.80 Å². The van der Waals surface area contributed by atoms with E-state index in [1.165, 1.54) is 71.1 Å². The fourth-order valence-corrected chi connectivity index (χ4v) is 4.63. The Labute approximate surface area is 118 Å². The van der Waals surface area contributed by atoms with Crippen LogP contribution in [0.5, 0.6) is 0 Å². The molecule has 110 valence electrons. The molecule has 1 aliphatic carbocycles. The van der Waals surface area contributed by atoms with Gasteiger partial charge in [-0.25, -0.2) is 0 Å². The summed E-state index contributed by atoms with van der Waals surface area (Å²) >= 11 is 0. The third kappa shape index (κ3) is 2.84. The van der Waals surface area contributed by atoms with Crippen molar-refractivity contribution < 1.29 is 0 Å². The molecule has 2 unspecified atom stereocenters. The summed E-state index contributed by atoms with van der Waals surface area (Å²) in [4.78, 5) is 5.49. The van der Waals surface area contributed by atoms with Gasteiger partial charge in [0.05, 0.1) is 0 Å². The molecule has 0 aromatic rings. The minimum absolute atomic E-state index is 0.438. The highest BCUT2D eigenvalue weighted by Crippen LogP contribution is 2.37. The predicted octanol–water partition coefficient (Wildman–Crippen LogP) is 2.06. The predicted molar refractivity (Wildman–Crippen MR) is 80.2 cm³/mol. The molecule has 2 atom stereocenters. The van der Waals surface area contributed by atoms with Crippen molar-refractivity contribution in [3.05, 3.63) is 0 Å². The lowest BCUT2D eigenvalue weighted by atomic mass is 9.73. The number of nitrogens with zero attached hydrogens (tertiary/aromatic N) is 2. The Morgan fingerprint density at radius 2 is 1.89 bits per heavy atom. The second-order valence-electron chi connectivity index (χ2n) is 7.33. The van der Waals surface area contributed by atoms with Gasteiger partial charge in [0.2, 0.25) is 0 Å². The quantitative estimate of drug-likeness (QED) is 0.848. The number of nitrogens with two attached hydrogens (primary N) is 1. The van der Waals surface area contributed by atoms with Gasteiger partial charge < -0.3 is 5.73 Å². The first-order valence-electron chi connectivity index (χ1n) is 8.41. The molecule has 19 heavy (non-hydrogen) atoms. The van der Waals surface area contributed by atoms with Gasteiger partial charge in [0.15, 0.2) is 0 Å². The first-order valence-corrected chi connectivity index (χ1v) is 8.41. The molecule has 3 rings (SSSR count).